The highest BCUT2D eigenvalue weighted by molar-refractivity contribution is 6.46. The second kappa shape index (κ2) is 8.83. The number of aromatic amines is 1. The van der Waals surface area contributed by atoms with Crippen LogP contribution in [0.2, 0.25) is 0 Å². The standard InChI is InChI=1S/C23H22N4O4/c1-31-18-6-3-2-5-17(18)20-19(21(28)16-7-9-24-10-8-16)22(29)23(30)27(20)13-4-12-26-14-11-25-15-26/h2-3,5-11,14-15,20H,4,12-13H2,1H3,(H,28,29). The number of nitrogens with one attached hydrogen (secondary N) is 1. The molecule has 1 aliphatic heterocycles. The van der Waals surface area contributed by atoms with Crippen LogP contribution in [0, 0.1) is 0 Å². The van der Waals surface area contributed by atoms with Gasteiger partial charge in [-0.25, -0.2) is 4.57 Å². The lowest BCUT2D eigenvalue weighted by Gasteiger charge is -2.28. The predicted molar refractivity (Wildman–Crippen MR) is 109 cm³/mol. The zero-order valence-electron chi connectivity index (χ0n) is 17.0. The lowest BCUT2D eigenvalue weighted by atomic mass is 9.95. The number of ketones is 1. The Bertz CT molecular complexity index is 1110. The molecular formula is C23H22N4O4. The van der Waals surface area contributed by atoms with Crippen molar-refractivity contribution in [1.82, 2.24) is 14.9 Å². The van der Waals surface area contributed by atoms with Crippen LogP contribution in [0.3, 0.4) is 0 Å². The summed E-state index contributed by atoms with van der Waals surface area (Å²) < 4.78 is 7.43. The summed E-state index contributed by atoms with van der Waals surface area (Å²) >= 11 is 0. The number of carbonyl (C=O) groups excluding carboxylic acids is 2. The number of hydrogen-bond acceptors (Lipinski definition) is 5. The number of benzene rings is 1. The van der Waals surface area contributed by atoms with Gasteiger partial charge in [0.25, 0.3) is 5.91 Å². The highest BCUT2D eigenvalue weighted by atomic mass is 16.5. The van der Waals surface area contributed by atoms with Crippen molar-refractivity contribution in [3.8, 4) is 5.75 Å². The van der Waals surface area contributed by atoms with Crippen LogP contribution in [0.4, 0.5) is 0 Å². The Kier molecular flexibility index (Phi) is 5.79. The molecule has 1 fully saturated rings. The SMILES string of the molecule is COc1ccccc1C1C(=C([O-])c2ccncc2)C(=O)C(=O)N1CCC[n+]1cc[nH]c1. The summed E-state index contributed by atoms with van der Waals surface area (Å²) in [7, 11) is 1.52. The number of ether oxygens (including phenoxy) is 1. The average Bonchev–Trinajstić information content (AvgIpc) is 3.41. The number of H-pyrrole nitrogens is 1. The topological polar surface area (TPSA) is 102 Å². The summed E-state index contributed by atoms with van der Waals surface area (Å²) in [6.45, 7) is 0.979. The van der Waals surface area contributed by atoms with E-state index in [9.17, 15) is 14.7 Å². The monoisotopic (exact) mass is 418 g/mol. The van der Waals surface area contributed by atoms with E-state index in [-0.39, 0.29) is 5.57 Å². The molecule has 3 aromatic rings. The Morgan fingerprint density at radius 3 is 2.71 bits per heavy atom. The first-order chi connectivity index (χ1) is 15.1. The first kappa shape index (κ1) is 20.3. The van der Waals surface area contributed by atoms with Gasteiger partial charge in [-0.1, -0.05) is 24.0 Å². The van der Waals surface area contributed by atoms with Crippen molar-refractivity contribution in [1.29, 1.82) is 0 Å². The Hall–Kier alpha value is -3.94. The first-order valence-electron chi connectivity index (χ1n) is 9.93. The molecule has 1 aromatic carbocycles. The molecular weight excluding hydrogens is 396 g/mol. The normalized spacial score (nSPS) is 17.8. The third-order valence-electron chi connectivity index (χ3n) is 5.32. The minimum Gasteiger partial charge on any atom is -0.872 e. The Labute approximate surface area is 179 Å². The molecule has 0 spiro atoms. The molecule has 0 saturated carbocycles. The van der Waals surface area contributed by atoms with Crippen molar-refractivity contribution in [2.75, 3.05) is 13.7 Å². The van der Waals surface area contributed by atoms with Crippen molar-refractivity contribution in [2.24, 2.45) is 0 Å². The van der Waals surface area contributed by atoms with E-state index >= 15 is 0 Å². The zero-order valence-corrected chi connectivity index (χ0v) is 17.0. The van der Waals surface area contributed by atoms with Crippen molar-refractivity contribution in [2.45, 2.75) is 19.0 Å². The van der Waals surface area contributed by atoms with E-state index in [4.69, 9.17) is 4.74 Å². The maximum Gasteiger partial charge on any atom is 0.295 e. The van der Waals surface area contributed by atoms with Crippen LogP contribution >= 0.6 is 0 Å². The van der Waals surface area contributed by atoms with Gasteiger partial charge in [0.1, 0.15) is 18.1 Å². The zero-order chi connectivity index (χ0) is 21.8. The second-order valence-corrected chi connectivity index (χ2v) is 7.15. The molecule has 158 valence electrons. The quantitative estimate of drug-likeness (QED) is 0.267. The van der Waals surface area contributed by atoms with Crippen LogP contribution in [0.15, 0.2) is 73.1 Å². The van der Waals surface area contributed by atoms with Gasteiger partial charge in [0.05, 0.1) is 19.7 Å². The molecule has 1 amide bonds. The Morgan fingerprint density at radius 2 is 2.00 bits per heavy atom. The van der Waals surface area contributed by atoms with Crippen LogP contribution in [0.5, 0.6) is 5.75 Å². The number of pyridine rings is 1. The van der Waals surface area contributed by atoms with Gasteiger partial charge in [-0.3, -0.25) is 19.6 Å². The molecule has 1 atom stereocenters. The average molecular weight is 418 g/mol. The number of amides is 1. The highest BCUT2D eigenvalue weighted by Crippen LogP contribution is 2.41. The molecule has 4 rings (SSSR count). The van der Waals surface area contributed by atoms with Crippen LogP contribution in [-0.2, 0) is 16.1 Å². The molecule has 8 nitrogen and oxygen atoms in total. The summed E-state index contributed by atoms with van der Waals surface area (Å²) in [6, 6.07) is 9.41. The largest absolute Gasteiger partial charge is 0.872 e. The maximum atomic E-state index is 13.3. The van der Waals surface area contributed by atoms with Gasteiger partial charge in [0.15, 0.2) is 0 Å². The molecule has 1 N–H and O–H groups in total. The van der Waals surface area contributed by atoms with Crippen molar-refractivity contribution >= 4 is 17.4 Å². The number of methoxy groups -OCH3 is 1. The summed E-state index contributed by atoms with van der Waals surface area (Å²) in [5.74, 6) is -1.40. The van der Waals surface area contributed by atoms with Crippen LogP contribution in [0.25, 0.3) is 5.76 Å². The van der Waals surface area contributed by atoms with Gasteiger partial charge in [-0.2, -0.15) is 0 Å². The molecule has 0 aliphatic carbocycles. The van der Waals surface area contributed by atoms with E-state index in [1.54, 1.807) is 30.5 Å². The first-order valence-corrected chi connectivity index (χ1v) is 9.93. The minimum absolute atomic E-state index is 0.0602. The third kappa shape index (κ3) is 3.92. The molecule has 31 heavy (non-hydrogen) atoms. The van der Waals surface area contributed by atoms with Gasteiger partial charge in [-0.15, -0.1) is 0 Å². The van der Waals surface area contributed by atoms with Gasteiger partial charge in [0, 0.05) is 36.5 Å². The number of nitrogens with zero attached hydrogens (tertiary/aromatic N) is 3. The third-order valence-corrected chi connectivity index (χ3v) is 5.32. The predicted octanol–water partition coefficient (Wildman–Crippen LogP) is 1.02. The summed E-state index contributed by atoms with van der Waals surface area (Å²) in [6.07, 6.45) is 9.10. The number of aromatic nitrogens is 3. The van der Waals surface area contributed by atoms with Gasteiger partial charge < -0.3 is 14.7 Å². The van der Waals surface area contributed by atoms with Crippen LogP contribution in [0.1, 0.15) is 23.6 Å². The number of Topliss-reactive ketones (excluding diaryl/α,β-unsaturated/α-hetero) is 1. The van der Waals surface area contributed by atoms with Gasteiger partial charge >= 0.3 is 0 Å². The van der Waals surface area contributed by atoms with E-state index in [0.717, 1.165) is 0 Å². The smallest absolute Gasteiger partial charge is 0.295 e. The minimum atomic E-state index is -0.812. The van der Waals surface area contributed by atoms with E-state index < -0.39 is 23.5 Å². The Morgan fingerprint density at radius 1 is 1.23 bits per heavy atom. The summed E-state index contributed by atoms with van der Waals surface area (Å²) in [4.78, 5) is 34.3. The lowest BCUT2D eigenvalue weighted by Crippen LogP contribution is -2.36. The number of imidazole rings is 1. The van der Waals surface area contributed by atoms with Gasteiger partial charge in [0.2, 0.25) is 12.1 Å². The van der Waals surface area contributed by atoms with Gasteiger partial charge in [-0.05, 0) is 23.8 Å². The fourth-order valence-corrected chi connectivity index (χ4v) is 3.86. The van der Waals surface area contributed by atoms with E-state index in [1.165, 1.54) is 36.5 Å². The molecule has 1 saturated heterocycles. The van der Waals surface area contributed by atoms with E-state index in [0.29, 0.717) is 36.4 Å². The lowest BCUT2D eigenvalue weighted by molar-refractivity contribution is -0.695. The van der Waals surface area contributed by atoms with Crippen molar-refractivity contribution < 1.29 is 24.0 Å². The number of aryl methyl sites for hydroxylation is 1. The molecule has 0 radical (unpaired) electrons. The molecule has 8 heteroatoms. The van der Waals surface area contributed by atoms with E-state index in [2.05, 4.69) is 9.97 Å². The van der Waals surface area contributed by atoms with Crippen LogP contribution in [-0.4, -0.2) is 40.2 Å². The fourth-order valence-electron chi connectivity index (χ4n) is 3.86. The van der Waals surface area contributed by atoms with Crippen molar-refractivity contribution in [3.63, 3.8) is 0 Å². The maximum absolute atomic E-state index is 13.3. The van der Waals surface area contributed by atoms with E-state index in [1.807, 2.05) is 17.1 Å². The number of hydrogen-bond donors (Lipinski definition) is 1. The summed E-state index contributed by atoms with van der Waals surface area (Å²) in [5, 5.41) is 13.3. The summed E-state index contributed by atoms with van der Waals surface area (Å²) in [5.41, 5.74) is 0.863. The highest BCUT2D eigenvalue weighted by Gasteiger charge is 2.44. The molecule has 2 aromatic heterocycles. The fraction of sp³-hybridized carbons (Fsp3) is 0.217. The molecule has 3 heterocycles. The molecule has 1 aliphatic rings. The number of para-hydroxylation sites is 1. The molecule has 1 unspecified atom stereocenters. The second-order valence-electron chi connectivity index (χ2n) is 7.15. The number of likely N-dealkylation sites (tertiary alicyclic amines) is 1. The number of carbonyl (C=O) groups is 2. The Balaban J connectivity index is 1.76. The van der Waals surface area contributed by atoms with Crippen molar-refractivity contribution in [3.05, 3.63) is 84.2 Å². The molecule has 0 bridgehead atoms. The van der Waals surface area contributed by atoms with Crippen LogP contribution < -0.4 is 14.4 Å². The number of rotatable bonds is 7.